The number of halogens is 1. The minimum Gasteiger partial charge on any atom is -0.391 e. The van der Waals surface area contributed by atoms with Crippen LogP contribution in [0, 0.1) is 0 Å². The van der Waals surface area contributed by atoms with Gasteiger partial charge < -0.3 is 31.1 Å². The highest BCUT2D eigenvalue weighted by molar-refractivity contribution is 5.85. The lowest BCUT2D eigenvalue weighted by atomic mass is 10.1. The van der Waals surface area contributed by atoms with Gasteiger partial charge >= 0.3 is 0 Å². The van der Waals surface area contributed by atoms with E-state index in [4.69, 9.17) is 10.5 Å². The van der Waals surface area contributed by atoms with Crippen LogP contribution in [0.3, 0.4) is 0 Å². The fourth-order valence-corrected chi connectivity index (χ4v) is 4.07. The van der Waals surface area contributed by atoms with Gasteiger partial charge in [-0.25, -0.2) is 4.98 Å². The van der Waals surface area contributed by atoms with Crippen LogP contribution in [0.15, 0.2) is 6.33 Å². The van der Waals surface area contributed by atoms with Crippen LogP contribution < -0.4 is 11.1 Å². The van der Waals surface area contributed by atoms with Gasteiger partial charge in [0.15, 0.2) is 23.8 Å². The molecule has 0 amide bonds. The molecule has 0 bridgehead atoms. The van der Waals surface area contributed by atoms with Gasteiger partial charge in [0.1, 0.15) is 17.7 Å². The monoisotopic (exact) mass is 468 g/mol. The first-order chi connectivity index (χ1) is 15.0. The van der Waals surface area contributed by atoms with Gasteiger partial charge in [-0.2, -0.15) is 14.8 Å². The van der Waals surface area contributed by atoms with Crippen LogP contribution in [0.4, 0.5) is 11.8 Å². The number of aryl methyl sites for hydroxylation is 1. The van der Waals surface area contributed by atoms with Crippen molar-refractivity contribution in [2.45, 2.75) is 69.4 Å². The molecule has 2 fully saturated rings. The number of fused-ring (bicyclic) bond motifs is 1. The number of nitrogens with one attached hydrogen (secondary N) is 1. The second-order valence-corrected chi connectivity index (χ2v) is 7.77. The van der Waals surface area contributed by atoms with Crippen LogP contribution in [0.1, 0.15) is 44.3 Å². The Hall–Kier alpha value is -2.65. The SMILES string of the molecule is CCn1nnc([C@H]2O[C@@H](n3cnc4c(N)nc(N[C@@H]5CCC[C@H]5O)nc43)[C@H](O)[C@@H]2O)n1.Cl. The van der Waals surface area contributed by atoms with Crippen LogP contribution in [0.25, 0.3) is 11.2 Å². The largest absolute Gasteiger partial charge is 0.391 e. The third kappa shape index (κ3) is 3.73. The van der Waals surface area contributed by atoms with E-state index in [1.165, 1.54) is 15.7 Å². The molecule has 4 heterocycles. The van der Waals surface area contributed by atoms with E-state index in [0.717, 1.165) is 12.8 Å². The first kappa shape index (κ1) is 22.5. The summed E-state index contributed by atoms with van der Waals surface area (Å²) in [6.07, 6.45) is -1.18. The molecule has 14 nitrogen and oxygen atoms in total. The minimum absolute atomic E-state index is 0. The lowest BCUT2D eigenvalue weighted by molar-refractivity contribution is -0.0384. The van der Waals surface area contributed by atoms with E-state index in [-0.39, 0.29) is 36.0 Å². The molecule has 3 aromatic heterocycles. The molecule has 1 saturated carbocycles. The number of nitrogen functional groups attached to an aromatic ring is 1. The molecule has 1 saturated heterocycles. The van der Waals surface area contributed by atoms with Gasteiger partial charge in [-0.3, -0.25) is 4.57 Å². The van der Waals surface area contributed by atoms with Crippen molar-refractivity contribution >= 4 is 35.3 Å². The smallest absolute Gasteiger partial charge is 0.227 e. The number of aliphatic hydroxyl groups excluding tert-OH is 3. The second kappa shape index (κ2) is 8.71. The zero-order chi connectivity index (χ0) is 21.7. The average molecular weight is 469 g/mol. The van der Waals surface area contributed by atoms with Crippen LogP contribution in [0.2, 0.25) is 0 Å². The van der Waals surface area contributed by atoms with E-state index in [9.17, 15) is 15.3 Å². The first-order valence-electron chi connectivity index (χ1n) is 10.2. The summed E-state index contributed by atoms with van der Waals surface area (Å²) in [5.74, 6) is 0.567. The van der Waals surface area contributed by atoms with E-state index >= 15 is 0 Å². The van der Waals surface area contributed by atoms with Gasteiger partial charge in [0.05, 0.1) is 25.0 Å². The van der Waals surface area contributed by atoms with Gasteiger partial charge in [-0.05, 0) is 31.4 Å². The molecule has 5 rings (SSSR count). The average Bonchev–Trinajstić information content (AvgIpc) is 3.52. The Morgan fingerprint density at radius 3 is 2.72 bits per heavy atom. The Bertz CT molecular complexity index is 1090. The fourth-order valence-electron chi connectivity index (χ4n) is 4.07. The number of anilines is 2. The summed E-state index contributed by atoms with van der Waals surface area (Å²) in [4.78, 5) is 14.3. The van der Waals surface area contributed by atoms with Crippen molar-refractivity contribution in [1.29, 1.82) is 0 Å². The summed E-state index contributed by atoms with van der Waals surface area (Å²) in [5.41, 5.74) is 6.72. The quantitative estimate of drug-likeness (QED) is 0.311. The van der Waals surface area contributed by atoms with Gasteiger partial charge in [-0.15, -0.1) is 22.6 Å². The molecule has 6 atom stereocenters. The van der Waals surface area contributed by atoms with Crippen LogP contribution in [0.5, 0.6) is 0 Å². The van der Waals surface area contributed by atoms with Crippen molar-refractivity contribution in [3.8, 4) is 0 Å². The number of nitrogens with zero attached hydrogens (tertiary/aromatic N) is 8. The fraction of sp³-hybridized carbons (Fsp3) is 0.647. The number of nitrogens with two attached hydrogens (primary N) is 1. The van der Waals surface area contributed by atoms with Crippen molar-refractivity contribution < 1.29 is 20.1 Å². The summed E-state index contributed by atoms with van der Waals surface area (Å²) in [7, 11) is 0. The zero-order valence-corrected chi connectivity index (χ0v) is 18.0. The minimum atomic E-state index is -1.29. The van der Waals surface area contributed by atoms with Gasteiger partial charge in [0.25, 0.3) is 0 Å². The Morgan fingerprint density at radius 1 is 1.22 bits per heavy atom. The van der Waals surface area contributed by atoms with Crippen molar-refractivity contribution in [2.24, 2.45) is 0 Å². The predicted octanol–water partition coefficient (Wildman–Crippen LogP) is -0.846. The molecule has 0 spiro atoms. The number of hydrogen-bond donors (Lipinski definition) is 5. The van der Waals surface area contributed by atoms with Crippen molar-refractivity contribution in [3.63, 3.8) is 0 Å². The predicted molar refractivity (Wildman–Crippen MR) is 113 cm³/mol. The summed E-state index contributed by atoms with van der Waals surface area (Å²) in [6.45, 7) is 2.36. The molecular weight excluding hydrogens is 444 g/mol. The number of imidazole rings is 1. The molecule has 0 unspecified atom stereocenters. The van der Waals surface area contributed by atoms with Crippen LogP contribution in [-0.2, 0) is 11.3 Å². The summed E-state index contributed by atoms with van der Waals surface area (Å²) < 4.78 is 7.38. The standard InChI is InChI=1S/C17H24N10O4.ClH/c1-2-27-24-14(23-25-27)12-10(29)11(30)16(31-12)26-6-19-9-13(18)21-17(22-15(9)26)20-7-4-3-5-8(7)28;/h6-8,10-12,16,28-30H,2-5H2,1H3,(H3,18,20,21,22);1H/t7-,8-,10+,11-,12+,16-;/m1./s1. The molecular formula is C17H25ClN10O4. The highest BCUT2D eigenvalue weighted by Gasteiger charge is 2.47. The molecule has 0 aromatic carbocycles. The zero-order valence-electron chi connectivity index (χ0n) is 17.2. The number of aliphatic hydroxyl groups is 3. The summed E-state index contributed by atoms with van der Waals surface area (Å²) in [5, 5.41) is 46.3. The number of hydrogen-bond acceptors (Lipinski definition) is 12. The van der Waals surface area contributed by atoms with E-state index < -0.39 is 30.6 Å². The summed E-state index contributed by atoms with van der Waals surface area (Å²) in [6, 6.07) is -0.167. The molecule has 15 heteroatoms. The maximum atomic E-state index is 10.7. The number of ether oxygens (including phenoxy) is 1. The highest BCUT2D eigenvalue weighted by Crippen LogP contribution is 2.38. The van der Waals surface area contributed by atoms with E-state index in [2.05, 4.69) is 35.7 Å². The van der Waals surface area contributed by atoms with Crippen LogP contribution >= 0.6 is 12.4 Å². The Morgan fingerprint density at radius 2 is 2.03 bits per heavy atom. The number of tetrazole rings is 1. The second-order valence-electron chi connectivity index (χ2n) is 7.77. The molecule has 0 radical (unpaired) electrons. The number of aromatic nitrogens is 8. The summed E-state index contributed by atoms with van der Waals surface area (Å²) >= 11 is 0. The van der Waals surface area contributed by atoms with Crippen molar-refractivity contribution in [2.75, 3.05) is 11.1 Å². The van der Waals surface area contributed by atoms with Gasteiger partial charge in [0.2, 0.25) is 11.8 Å². The van der Waals surface area contributed by atoms with E-state index in [1.807, 2.05) is 6.92 Å². The molecule has 32 heavy (non-hydrogen) atoms. The molecule has 6 N–H and O–H groups in total. The van der Waals surface area contributed by atoms with E-state index in [1.54, 1.807) is 0 Å². The lowest BCUT2D eigenvalue weighted by Gasteiger charge is -2.18. The van der Waals surface area contributed by atoms with E-state index in [0.29, 0.717) is 24.1 Å². The maximum Gasteiger partial charge on any atom is 0.227 e. The molecule has 1 aliphatic heterocycles. The van der Waals surface area contributed by atoms with Crippen molar-refractivity contribution in [3.05, 3.63) is 12.2 Å². The van der Waals surface area contributed by atoms with Gasteiger partial charge in [0, 0.05) is 0 Å². The van der Waals surface area contributed by atoms with Crippen LogP contribution in [-0.4, -0.2) is 79.4 Å². The third-order valence-corrected chi connectivity index (χ3v) is 5.76. The molecule has 1 aliphatic carbocycles. The molecule has 174 valence electrons. The topological polar surface area (TPSA) is 195 Å². The molecule has 2 aliphatic rings. The Balaban J connectivity index is 0.00000245. The third-order valence-electron chi connectivity index (χ3n) is 5.76. The Labute approximate surface area is 188 Å². The normalized spacial score (nSPS) is 30.0. The maximum absolute atomic E-state index is 10.7. The Kier molecular flexibility index (Phi) is 6.13. The van der Waals surface area contributed by atoms with Crippen molar-refractivity contribution in [1.82, 2.24) is 39.7 Å². The highest BCUT2D eigenvalue weighted by atomic mass is 35.5. The first-order valence-corrected chi connectivity index (χ1v) is 10.2. The van der Waals surface area contributed by atoms with Gasteiger partial charge in [-0.1, -0.05) is 0 Å². The molecule has 3 aromatic rings. The number of rotatable bonds is 5. The lowest BCUT2D eigenvalue weighted by Crippen LogP contribution is -2.30.